The van der Waals surface area contributed by atoms with Gasteiger partial charge < -0.3 is 10.6 Å². The fourth-order valence-corrected chi connectivity index (χ4v) is 2.44. The summed E-state index contributed by atoms with van der Waals surface area (Å²) in [5.41, 5.74) is 1.35. The van der Waals surface area contributed by atoms with Crippen molar-refractivity contribution in [3.63, 3.8) is 0 Å². The second-order valence-corrected chi connectivity index (χ2v) is 6.08. The van der Waals surface area contributed by atoms with Gasteiger partial charge in [0.15, 0.2) is 0 Å². The molecule has 0 aliphatic heterocycles. The van der Waals surface area contributed by atoms with Crippen molar-refractivity contribution >= 4 is 46.6 Å². The molecule has 140 valence electrons. The van der Waals surface area contributed by atoms with Gasteiger partial charge in [0.05, 0.1) is 4.92 Å². The van der Waals surface area contributed by atoms with E-state index in [0.29, 0.717) is 23.4 Å². The summed E-state index contributed by atoms with van der Waals surface area (Å²) < 4.78 is 0. The van der Waals surface area contributed by atoms with Gasteiger partial charge in [-0.3, -0.25) is 19.7 Å². The van der Waals surface area contributed by atoms with Gasteiger partial charge in [0.25, 0.3) is 5.69 Å². The average molecular weight is 388 g/mol. The molecule has 0 radical (unpaired) electrons. The maximum atomic E-state index is 12.1. The van der Waals surface area contributed by atoms with E-state index in [1.54, 1.807) is 30.3 Å². The van der Waals surface area contributed by atoms with Crippen LogP contribution in [0.25, 0.3) is 6.08 Å². The third-order valence-corrected chi connectivity index (χ3v) is 3.80. The number of rotatable bonds is 7. The third-order valence-electron chi connectivity index (χ3n) is 3.48. The summed E-state index contributed by atoms with van der Waals surface area (Å²) in [5.74, 6) is -0.505. The van der Waals surface area contributed by atoms with Gasteiger partial charge in [-0.15, -0.1) is 0 Å². The van der Waals surface area contributed by atoms with Crippen LogP contribution in [0.3, 0.4) is 0 Å². The highest BCUT2D eigenvalue weighted by atomic mass is 35.5. The van der Waals surface area contributed by atoms with Crippen LogP contribution >= 0.6 is 11.6 Å². The zero-order valence-corrected chi connectivity index (χ0v) is 15.3. The number of nitrogens with one attached hydrogen (secondary N) is 2. The third kappa shape index (κ3) is 6.23. The Bertz CT molecular complexity index is 896. The Balaban J connectivity index is 2.03. The predicted octanol–water partition coefficient (Wildman–Crippen LogP) is 4.64. The standard InChI is InChI=1S/C19H18ClN3O4/c1-2-4-18(24)21-14-5-3-6-15(12-14)22-19(25)10-8-13-7-9-16(20)17(11-13)23(26)27/h3,5-12H,2,4H2,1H3,(H,21,24)(H,22,25)/b10-8+. The molecule has 0 aliphatic carbocycles. The minimum Gasteiger partial charge on any atom is -0.326 e. The lowest BCUT2D eigenvalue weighted by molar-refractivity contribution is -0.384. The van der Waals surface area contributed by atoms with Crippen molar-refractivity contribution in [3.05, 3.63) is 69.2 Å². The molecule has 0 heterocycles. The van der Waals surface area contributed by atoms with Gasteiger partial charge in [0.1, 0.15) is 5.02 Å². The number of nitrogens with zero attached hydrogens (tertiary/aromatic N) is 1. The molecule has 0 atom stereocenters. The predicted molar refractivity (Wildman–Crippen MR) is 106 cm³/mol. The van der Waals surface area contributed by atoms with Gasteiger partial charge in [-0.1, -0.05) is 30.7 Å². The molecule has 0 saturated heterocycles. The molecule has 0 bridgehead atoms. The van der Waals surface area contributed by atoms with Crippen molar-refractivity contribution < 1.29 is 14.5 Å². The van der Waals surface area contributed by atoms with E-state index in [1.807, 2.05) is 6.92 Å². The first-order valence-electron chi connectivity index (χ1n) is 8.22. The summed E-state index contributed by atoms with van der Waals surface area (Å²) in [7, 11) is 0. The lowest BCUT2D eigenvalue weighted by atomic mass is 10.2. The van der Waals surface area contributed by atoms with Gasteiger partial charge in [-0.05, 0) is 42.3 Å². The smallest absolute Gasteiger partial charge is 0.288 e. The van der Waals surface area contributed by atoms with Crippen molar-refractivity contribution in [1.29, 1.82) is 0 Å². The van der Waals surface area contributed by atoms with E-state index < -0.39 is 10.8 Å². The molecule has 2 amide bonds. The molecule has 0 spiro atoms. The largest absolute Gasteiger partial charge is 0.326 e. The monoisotopic (exact) mass is 387 g/mol. The van der Waals surface area contributed by atoms with Crippen LogP contribution in [0.1, 0.15) is 25.3 Å². The quantitative estimate of drug-likeness (QED) is 0.410. The summed E-state index contributed by atoms with van der Waals surface area (Å²) in [6.07, 6.45) is 3.88. The minimum absolute atomic E-state index is 0.0311. The summed E-state index contributed by atoms with van der Waals surface area (Å²) in [4.78, 5) is 34.0. The average Bonchev–Trinajstić information content (AvgIpc) is 2.61. The molecular formula is C19H18ClN3O4. The molecule has 7 nitrogen and oxygen atoms in total. The first-order valence-corrected chi connectivity index (χ1v) is 8.59. The van der Waals surface area contributed by atoms with E-state index in [9.17, 15) is 19.7 Å². The summed E-state index contributed by atoms with van der Waals surface area (Å²) in [6.45, 7) is 1.91. The topological polar surface area (TPSA) is 101 Å². The van der Waals surface area contributed by atoms with E-state index in [4.69, 9.17) is 11.6 Å². The molecule has 27 heavy (non-hydrogen) atoms. The maximum absolute atomic E-state index is 12.1. The molecule has 0 unspecified atom stereocenters. The van der Waals surface area contributed by atoms with Crippen molar-refractivity contribution in [2.75, 3.05) is 10.6 Å². The Hall–Kier alpha value is -3.19. The second-order valence-electron chi connectivity index (χ2n) is 5.67. The lowest BCUT2D eigenvalue weighted by Crippen LogP contribution is -2.12. The number of amides is 2. The highest BCUT2D eigenvalue weighted by Crippen LogP contribution is 2.25. The van der Waals surface area contributed by atoms with Crippen LogP contribution < -0.4 is 10.6 Å². The first-order chi connectivity index (χ1) is 12.9. The van der Waals surface area contributed by atoms with Crippen LogP contribution in [-0.4, -0.2) is 16.7 Å². The second kappa shape index (κ2) is 9.49. The van der Waals surface area contributed by atoms with E-state index in [1.165, 1.54) is 24.3 Å². The van der Waals surface area contributed by atoms with Crippen molar-refractivity contribution in [2.24, 2.45) is 0 Å². The van der Waals surface area contributed by atoms with Crippen LogP contribution in [0.5, 0.6) is 0 Å². The Morgan fingerprint density at radius 2 is 1.85 bits per heavy atom. The van der Waals surface area contributed by atoms with Gasteiger partial charge in [0, 0.05) is 29.9 Å². The van der Waals surface area contributed by atoms with Crippen LogP contribution in [0.2, 0.25) is 5.02 Å². The zero-order chi connectivity index (χ0) is 19.8. The number of nitro benzene ring substituents is 1. The lowest BCUT2D eigenvalue weighted by Gasteiger charge is -2.07. The number of benzene rings is 2. The van der Waals surface area contributed by atoms with Crippen molar-refractivity contribution in [3.8, 4) is 0 Å². The van der Waals surface area contributed by atoms with Crippen LogP contribution in [0.15, 0.2) is 48.5 Å². The van der Waals surface area contributed by atoms with Crippen LogP contribution in [0.4, 0.5) is 17.1 Å². The molecule has 0 aliphatic rings. The summed E-state index contributed by atoms with van der Waals surface area (Å²) in [5, 5.41) is 16.3. The molecule has 0 saturated carbocycles. The molecule has 2 N–H and O–H groups in total. The Morgan fingerprint density at radius 3 is 2.52 bits per heavy atom. The number of carbonyl (C=O) groups excluding carboxylic acids is 2. The summed E-state index contributed by atoms with van der Waals surface area (Å²) in [6, 6.07) is 11.0. The normalized spacial score (nSPS) is 10.6. The Kier molecular flexibility index (Phi) is 7.08. The SMILES string of the molecule is CCCC(=O)Nc1cccc(NC(=O)/C=C/c2ccc(Cl)c([N+](=O)[O-])c2)c1. The van der Waals surface area contributed by atoms with Gasteiger partial charge in [-0.25, -0.2) is 0 Å². The van der Waals surface area contributed by atoms with Crippen LogP contribution in [-0.2, 0) is 9.59 Å². The maximum Gasteiger partial charge on any atom is 0.288 e. The molecule has 8 heteroatoms. The fourth-order valence-electron chi connectivity index (χ4n) is 2.25. The van der Waals surface area contributed by atoms with Gasteiger partial charge in [-0.2, -0.15) is 0 Å². The van der Waals surface area contributed by atoms with Gasteiger partial charge >= 0.3 is 0 Å². The molecule has 0 aromatic heterocycles. The van der Waals surface area contributed by atoms with Gasteiger partial charge in [0.2, 0.25) is 11.8 Å². The number of carbonyl (C=O) groups is 2. The Labute approximate surface area is 161 Å². The molecule has 2 aromatic carbocycles. The number of hydrogen-bond acceptors (Lipinski definition) is 4. The number of halogens is 1. The minimum atomic E-state index is -0.585. The molecule has 0 fully saturated rings. The van der Waals surface area contributed by atoms with Crippen LogP contribution in [0, 0.1) is 10.1 Å². The van der Waals surface area contributed by atoms with Crippen molar-refractivity contribution in [1.82, 2.24) is 0 Å². The summed E-state index contributed by atoms with van der Waals surface area (Å²) >= 11 is 5.76. The van der Waals surface area contributed by atoms with Crippen molar-refractivity contribution in [2.45, 2.75) is 19.8 Å². The highest BCUT2D eigenvalue weighted by Gasteiger charge is 2.11. The zero-order valence-electron chi connectivity index (χ0n) is 14.6. The number of hydrogen-bond donors (Lipinski definition) is 2. The molecule has 2 aromatic rings. The van der Waals surface area contributed by atoms with E-state index in [-0.39, 0.29) is 16.6 Å². The molecule has 2 rings (SSSR count). The first kappa shape index (κ1) is 20.1. The van der Waals surface area contributed by atoms with E-state index in [0.717, 1.165) is 6.42 Å². The molecular weight excluding hydrogens is 370 g/mol. The Morgan fingerprint density at radius 1 is 1.15 bits per heavy atom. The van der Waals surface area contributed by atoms with E-state index in [2.05, 4.69) is 10.6 Å². The highest BCUT2D eigenvalue weighted by molar-refractivity contribution is 6.32. The number of anilines is 2. The number of nitro groups is 1. The van der Waals surface area contributed by atoms with E-state index >= 15 is 0 Å². The fraction of sp³-hybridized carbons (Fsp3) is 0.158.